The van der Waals surface area contributed by atoms with Crippen LogP contribution >= 0.6 is 23.2 Å². The van der Waals surface area contributed by atoms with Gasteiger partial charge in [-0.05, 0) is 48.0 Å². The van der Waals surface area contributed by atoms with Gasteiger partial charge in [0.1, 0.15) is 23.4 Å². The number of nitrogens with zero attached hydrogens (tertiary/aromatic N) is 4. The Labute approximate surface area is 213 Å². The maximum Gasteiger partial charge on any atom is 0.141 e. The van der Waals surface area contributed by atoms with Crippen molar-refractivity contribution in [3.05, 3.63) is 105 Å². The second-order valence-corrected chi connectivity index (χ2v) is 8.63. The molecule has 3 aromatic carbocycles. The van der Waals surface area contributed by atoms with E-state index < -0.39 is 11.9 Å². The lowest BCUT2D eigenvalue weighted by molar-refractivity contribution is 0.626. The van der Waals surface area contributed by atoms with Crippen molar-refractivity contribution < 1.29 is 8.78 Å². The standard InChI is InChI=1S/C25H15Cl2F2N7/c26-15-7-18-23(33-17-5-6-20(29)19(27)9-17)14(10-30)11-31-25(18)21(8-15)34-24(22-12-32-36-35-22)13-1-3-16(28)4-2-13/h1-9,11-12,24,34H,(H,31,33)(H,32,35,36)/t24-/m0/s1. The van der Waals surface area contributed by atoms with Gasteiger partial charge in [0.25, 0.3) is 0 Å². The van der Waals surface area contributed by atoms with E-state index in [1.54, 1.807) is 30.5 Å². The maximum absolute atomic E-state index is 13.7. The van der Waals surface area contributed by atoms with Gasteiger partial charge in [-0.1, -0.05) is 40.5 Å². The van der Waals surface area contributed by atoms with E-state index in [9.17, 15) is 14.0 Å². The largest absolute Gasteiger partial charge is 0.371 e. The summed E-state index contributed by atoms with van der Waals surface area (Å²) in [6.07, 6.45) is 3.05. The Kier molecular flexibility index (Phi) is 6.38. The lowest BCUT2D eigenvalue weighted by Crippen LogP contribution is -2.14. The normalized spacial score (nSPS) is 11.8. The Bertz CT molecular complexity index is 1600. The van der Waals surface area contributed by atoms with E-state index in [0.29, 0.717) is 38.7 Å². The molecule has 0 saturated carbocycles. The molecule has 11 heteroatoms. The van der Waals surface area contributed by atoms with Crippen LogP contribution in [0.2, 0.25) is 10.0 Å². The van der Waals surface area contributed by atoms with Gasteiger partial charge in [0.2, 0.25) is 0 Å². The summed E-state index contributed by atoms with van der Waals surface area (Å²) in [6, 6.07) is 15.1. The number of rotatable bonds is 6. The number of hydrogen-bond donors (Lipinski definition) is 3. The SMILES string of the molecule is N#Cc1cnc2c(N[C@@H](c3ccc(F)cc3)c3c[nH]nn3)cc(Cl)cc2c1Nc1ccc(F)c(Cl)c1. The highest BCUT2D eigenvalue weighted by Crippen LogP contribution is 2.37. The van der Waals surface area contributed by atoms with Gasteiger partial charge in [0, 0.05) is 28.5 Å². The zero-order chi connectivity index (χ0) is 25.2. The summed E-state index contributed by atoms with van der Waals surface area (Å²) in [5.74, 6) is -0.926. The topological polar surface area (TPSA) is 102 Å². The van der Waals surface area contributed by atoms with Crippen molar-refractivity contribution in [1.29, 1.82) is 5.26 Å². The molecule has 0 aliphatic heterocycles. The molecule has 0 saturated heterocycles. The van der Waals surface area contributed by atoms with Crippen LogP contribution in [0.25, 0.3) is 10.9 Å². The minimum absolute atomic E-state index is 0.0630. The van der Waals surface area contributed by atoms with E-state index in [2.05, 4.69) is 37.1 Å². The number of halogens is 4. The van der Waals surface area contributed by atoms with E-state index in [-0.39, 0.29) is 16.4 Å². The number of benzene rings is 3. The van der Waals surface area contributed by atoms with Crippen molar-refractivity contribution in [2.24, 2.45) is 0 Å². The van der Waals surface area contributed by atoms with Crippen molar-refractivity contribution in [3.8, 4) is 6.07 Å². The zero-order valence-electron chi connectivity index (χ0n) is 18.2. The predicted octanol–water partition coefficient (Wildman–Crippen LogP) is 6.75. The summed E-state index contributed by atoms with van der Waals surface area (Å²) in [6.45, 7) is 0. The molecule has 7 nitrogen and oxygen atoms in total. The highest BCUT2D eigenvalue weighted by atomic mass is 35.5. The summed E-state index contributed by atoms with van der Waals surface area (Å²) >= 11 is 12.4. The summed E-state index contributed by atoms with van der Waals surface area (Å²) < 4.78 is 27.2. The van der Waals surface area contributed by atoms with Crippen LogP contribution < -0.4 is 10.6 Å². The molecule has 2 aromatic heterocycles. The number of aromatic nitrogens is 4. The first-order valence-electron chi connectivity index (χ1n) is 10.6. The lowest BCUT2D eigenvalue weighted by atomic mass is 10.0. The van der Waals surface area contributed by atoms with Crippen molar-refractivity contribution in [2.45, 2.75) is 6.04 Å². The van der Waals surface area contributed by atoms with E-state index in [1.165, 1.54) is 36.5 Å². The summed E-state index contributed by atoms with van der Waals surface area (Å²) in [5.41, 5.74) is 3.49. The Hall–Kier alpha value is -4.26. The molecule has 0 aliphatic carbocycles. The number of nitriles is 1. The van der Waals surface area contributed by atoms with Gasteiger partial charge in [0.15, 0.2) is 0 Å². The minimum Gasteiger partial charge on any atom is -0.371 e. The van der Waals surface area contributed by atoms with Gasteiger partial charge in [-0.25, -0.2) is 8.78 Å². The molecule has 0 unspecified atom stereocenters. The number of pyridine rings is 1. The third-order valence-electron chi connectivity index (χ3n) is 5.48. The van der Waals surface area contributed by atoms with E-state index in [0.717, 1.165) is 5.56 Å². The molecule has 178 valence electrons. The lowest BCUT2D eigenvalue weighted by Gasteiger charge is -2.20. The van der Waals surface area contributed by atoms with Gasteiger partial charge in [-0.2, -0.15) is 5.26 Å². The molecule has 36 heavy (non-hydrogen) atoms. The Morgan fingerprint density at radius 2 is 1.83 bits per heavy atom. The molecule has 1 atom stereocenters. The average molecular weight is 522 g/mol. The number of aromatic amines is 1. The van der Waals surface area contributed by atoms with E-state index in [1.807, 2.05) is 0 Å². The van der Waals surface area contributed by atoms with Gasteiger partial charge >= 0.3 is 0 Å². The van der Waals surface area contributed by atoms with Gasteiger partial charge in [-0.3, -0.25) is 10.1 Å². The van der Waals surface area contributed by atoms with E-state index in [4.69, 9.17) is 23.2 Å². The number of anilines is 3. The molecule has 0 spiro atoms. The molecule has 5 aromatic rings. The first-order valence-corrected chi connectivity index (χ1v) is 11.3. The minimum atomic E-state index is -0.559. The summed E-state index contributed by atoms with van der Waals surface area (Å²) in [4.78, 5) is 4.50. The van der Waals surface area contributed by atoms with Crippen molar-refractivity contribution in [2.75, 3.05) is 10.6 Å². The zero-order valence-corrected chi connectivity index (χ0v) is 19.7. The van der Waals surface area contributed by atoms with Crippen LogP contribution in [0.4, 0.5) is 25.8 Å². The number of hydrogen-bond acceptors (Lipinski definition) is 6. The summed E-state index contributed by atoms with van der Waals surface area (Å²) in [7, 11) is 0. The quantitative estimate of drug-likeness (QED) is 0.228. The second kappa shape index (κ2) is 9.77. The molecule has 5 rings (SSSR count). The third-order valence-corrected chi connectivity index (χ3v) is 5.99. The highest BCUT2D eigenvalue weighted by Gasteiger charge is 2.21. The first-order chi connectivity index (χ1) is 17.4. The number of nitrogens with one attached hydrogen (secondary N) is 3. The van der Waals surface area contributed by atoms with Crippen molar-refractivity contribution in [3.63, 3.8) is 0 Å². The number of fused-ring (bicyclic) bond motifs is 1. The second-order valence-electron chi connectivity index (χ2n) is 7.79. The van der Waals surface area contributed by atoms with Crippen LogP contribution in [0.15, 0.2) is 67.0 Å². The van der Waals surface area contributed by atoms with Crippen LogP contribution in [-0.4, -0.2) is 20.4 Å². The first kappa shape index (κ1) is 23.5. The predicted molar refractivity (Wildman–Crippen MR) is 134 cm³/mol. The van der Waals surface area contributed by atoms with E-state index >= 15 is 0 Å². The van der Waals surface area contributed by atoms with Gasteiger partial charge < -0.3 is 10.6 Å². The van der Waals surface area contributed by atoms with Crippen LogP contribution in [0.3, 0.4) is 0 Å². The van der Waals surface area contributed by atoms with Crippen LogP contribution in [0, 0.1) is 23.0 Å². The molecular formula is C25H15Cl2F2N7. The molecule has 0 amide bonds. The van der Waals surface area contributed by atoms with Crippen molar-refractivity contribution in [1.82, 2.24) is 20.4 Å². The Morgan fingerprint density at radius 1 is 1.03 bits per heavy atom. The van der Waals surface area contributed by atoms with Crippen LogP contribution in [0.5, 0.6) is 0 Å². The maximum atomic E-state index is 13.7. The Balaban J connectivity index is 1.63. The fourth-order valence-electron chi connectivity index (χ4n) is 3.81. The monoisotopic (exact) mass is 521 g/mol. The highest BCUT2D eigenvalue weighted by molar-refractivity contribution is 6.32. The molecule has 0 radical (unpaired) electrons. The molecule has 0 fully saturated rings. The fraction of sp³-hybridized carbons (Fsp3) is 0.0400. The van der Waals surface area contributed by atoms with Gasteiger partial charge in [-0.15, -0.1) is 5.10 Å². The molecule has 3 N–H and O–H groups in total. The third kappa shape index (κ3) is 4.64. The molecular weight excluding hydrogens is 507 g/mol. The number of H-pyrrole nitrogens is 1. The molecule has 2 heterocycles. The van der Waals surface area contributed by atoms with Crippen molar-refractivity contribution >= 4 is 51.2 Å². The van der Waals surface area contributed by atoms with Crippen LogP contribution in [-0.2, 0) is 0 Å². The summed E-state index contributed by atoms with van der Waals surface area (Å²) in [5, 5.41) is 27.7. The molecule has 0 bridgehead atoms. The van der Waals surface area contributed by atoms with Crippen LogP contribution in [0.1, 0.15) is 22.9 Å². The average Bonchev–Trinajstić information content (AvgIpc) is 3.40. The smallest absolute Gasteiger partial charge is 0.141 e. The Morgan fingerprint density at radius 3 is 2.53 bits per heavy atom. The molecule has 0 aliphatic rings. The van der Waals surface area contributed by atoms with Gasteiger partial charge in [0.05, 0.1) is 33.5 Å². The fourth-order valence-corrected chi connectivity index (χ4v) is 4.20.